The van der Waals surface area contributed by atoms with Crippen LogP contribution in [0.25, 0.3) is 0 Å². The maximum atomic E-state index is 11.0. The van der Waals surface area contributed by atoms with Crippen LogP contribution in [0.4, 0.5) is 0 Å². The number of benzene rings is 2. The maximum absolute atomic E-state index is 11.0. The summed E-state index contributed by atoms with van der Waals surface area (Å²) in [4.78, 5) is 11.0. The van der Waals surface area contributed by atoms with Crippen molar-refractivity contribution >= 4 is 33.5 Å². The number of hydrogen-bond donors (Lipinski definition) is 1. The molecule has 0 saturated heterocycles. The van der Waals surface area contributed by atoms with Crippen LogP contribution in [0.3, 0.4) is 0 Å². The monoisotopic (exact) mass is 370 g/mol. The molecule has 6 heteroatoms. The molecule has 21 heavy (non-hydrogen) atoms. The van der Waals surface area contributed by atoms with Crippen molar-refractivity contribution in [2.45, 2.75) is 0 Å². The van der Waals surface area contributed by atoms with Crippen LogP contribution in [-0.2, 0) is 0 Å². The van der Waals surface area contributed by atoms with Crippen molar-refractivity contribution in [2.75, 3.05) is 13.2 Å². The van der Waals surface area contributed by atoms with Crippen molar-refractivity contribution in [1.29, 1.82) is 0 Å². The third-order valence-corrected chi connectivity index (χ3v) is 3.41. The summed E-state index contributed by atoms with van der Waals surface area (Å²) in [5.74, 6) is -0.170. The molecule has 0 saturated carbocycles. The highest BCUT2D eigenvalue weighted by atomic mass is 79.9. The lowest BCUT2D eigenvalue weighted by Gasteiger charge is -2.11. The SMILES string of the molecule is O=C(O)c1ccccc1OCCOc1cc(Br)ccc1Cl. The number of carboxylic acid groups (broad SMARTS) is 1. The molecule has 0 aliphatic rings. The van der Waals surface area contributed by atoms with Crippen molar-refractivity contribution in [1.82, 2.24) is 0 Å². The van der Waals surface area contributed by atoms with E-state index in [-0.39, 0.29) is 18.8 Å². The zero-order valence-electron chi connectivity index (χ0n) is 10.9. The van der Waals surface area contributed by atoms with E-state index < -0.39 is 5.97 Å². The molecule has 0 atom stereocenters. The molecular formula is C15H12BrClO4. The number of ether oxygens (including phenoxy) is 2. The minimum Gasteiger partial charge on any atom is -0.489 e. The number of carboxylic acids is 1. The molecule has 0 aliphatic carbocycles. The standard InChI is InChI=1S/C15H12BrClO4/c16-10-5-6-12(17)14(9-10)21-8-7-20-13-4-2-1-3-11(13)15(18)19/h1-6,9H,7-8H2,(H,18,19). The highest BCUT2D eigenvalue weighted by molar-refractivity contribution is 9.10. The van der Waals surface area contributed by atoms with E-state index in [9.17, 15) is 4.79 Å². The predicted molar refractivity (Wildman–Crippen MR) is 83.5 cm³/mol. The molecule has 0 spiro atoms. The summed E-state index contributed by atoms with van der Waals surface area (Å²) in [6.45, 7) is 0.470. The number of hydrogen-bond acceptors (Lipinski definition) is 3. The molecule has 0 radical (unpaired) electrons. The van der Waals surface area contributed by atoms with E-state index in [0.29, 0.717) is 16.5 Å². The Balaban J connectivity index is 1.91. The number of halogens is 2. The first-order valence-corrected chi connectivity index (χ1v) is 7.28. The van der Waals surface area contributed by atoms with E-state index in [2.05, 4.69) is 15.9 Å². The van der Waals surface area contributed by atoms with Crippen molar-refractivity contribution in [3.8, 4) is 11.5 Å². The van der Waals surface area contributed by atoms with Gasteiger partial charge in [0.25, 0.3) is 0 Å². The Morgan fingerprint density at radius 1 is 1.10 bits per heavy atom. The molecule has 0 aliphatic heterocycles. The Bertz CT molecular complexity index is 645. The van der Waals surface area contributed by atoms with Gasteiger partial charge in [-0.15, -0.1) is 0 Å². The van der Waals surface area contributed by atoms with E-state index in [1.54, 1.807) is 30.3 Å². The van der Waals surface area contributed by atoms with E-state index in [0.717, 1.165) is 4.47 Å². The fourth-order valence-electron chi connectivity index (χ4n) is 1.66. The first-order chi connectivity index (χ1) is 10.1. The molecule has 0 fully saturated rings. The number of aromatic carboxylic acids is 1. The molecule has 0 bridgehead atoms. The van der Waals surface area contributed by atoms with Crippen molar-refractivity contribution in [3.05, 3.63) is 57.5 Å². The van der Waals surface area contributed by atoms with Crippen LogP contribution in [-0.4, -0.2) is 24.3 Å². The van der Waals surface area contributed by atoms with Gasteiger partial charge in [-0.25, -0.2) is 4.79 Å². The third kappa shape index (κ3) is 4.37. The van der Waals surface area contributed by atoms with E-state index in [1.165, 1.54) is 6.07 Å². The second kappa shape index (κ2) is 7.33. The fraction of sp³-hybridized carbons (Fsp3) is 0.133. The second-order valence-corrected chi connectivity index (χ2v) is 5.40. The van der Waals surface area contributed by atoms with E-state index in [1.807, 2.05) is 6.07 Å². The molecule has 0 heterocycles. The van der Waals surface area contributed by atoms with Gasteiger partial charge in [0, 0.05) is 4.47 Å². The van der Waals surface area contributed by atoms with Gasteiger partial charge in [-0.3, -0.25) is 0 Å². The summed E-state index contributed by atoms with van der Waals surface area (Å²) in [5.41, 5.74) is 0.123. The van der Waals surface area contributed by atoms with Crippen LogP contribution in [0.1, 0.15) is 10.4 Å². The molecule has 0 unspecified atom stereocenters. The average Bonchev–Trinajstić information content (AvgIpc) is 2.47. The van der Waals surface area contributed by atoms with Gasteiger partial charge >= 0.3 is 5.97 Å². The average molecular weight is 372 g/mol. The second-order valence-electron chi connectivity index (χ2n) is 4.07. The van der Waals surface area contributed by atoms with E-state index in [4.69, 9.17) is 26.2 Å². The highest BCUT2D eigenvalue weighted by Gasteiger charge is 2.10. The smallest absolute Gasteiger partial charge is 0.339 e. The molecule has 0 amide bonds. The fourth-order valence-corrected chi connectivity index (χ4v) is 2.17. The number of para-hydroxylation sites is 1. The van der Waals surface area contributed by atoms with Crippen LogP contribution in [0.15, 0.2) is 46.9 Å². The molecule has 2 rings (SSSR count). The van der Waals surface area contributed by atoms with Gasteiger partial charge in [0.1, 0.15) is 30.3 Å². The van der Waals surface area contributed by atoms with Gasteiger partial charge in [0.15, 0.2) is 0 Å². The van der Waals surface area contributed by atoms with Crippen molar-refractivity contribution in [3.63, 3.8) is 0 Å². The van der Waals surface area contributed by atoms with Gasteiger partial charge in [0.05, 0.1) is 5.02 Å². The lowest BCUT2D eigenvalue weighted by Crippen LogP contribution is -2.11. The Hall–Kier alpha value is -1.72. The minimum atomic E-state index is -1.03. The maximum Gasteiger partial charge on any atom is 0.339 e. The van der Waals surface area contributed by atoms with Crippen LogP contribution in [0, 0.1) is 0 Å². The molecule has 0 aromatic heterocycles. The molecule has 2 aromatic rings. The summed E-state index contributed by atoms with van der Waals surface area (Å²) in [7, 11) is 0. The normalized spacial score (nSPS) is 10.2. The molecule has 4 nitrogen and oxygen atoms in total. The van der Waals surface area contributed by atoms with Crippen LogP contribution in [0.5, 0.6) is 11.5 Å². The van der Waals surface area contributed by atoms with Crippen molar-refractivity contribution in [2.24, 2.45) is 0 Å². The number of carbonyl (C=O) groups is 1. The molecular weight excluding hydrogens is 360 g/mol. The number of rotatable bonds is 6. The Kier molecular flexibility index (Phi) is 5.47. The lowest BCUT2D eigenvalue weighted by atomic mass is 10.2. The summed E-state index contributed by atoms with van der Waals surface area (Å²) in [6.07, 6.45) is 0. The molecule has 2 aromatic carbocycles. The summed E-state index contributed by atoms with van der Waals surface area (Å²) >= 11 is 9.33. The van der Waals surface area contributed by atoms with Crippen LogP contribution < -0.4 is 9.47 Å². The first kappa shape index (κ1) is 15.7. The summed E-state index contributed by atoms with van der Waals surface area (Å²) in [5, 5.41) is 9.54. The summed E-state index contributed by atoms with van der Waals surface area (Å²) in [6, 6.07) is 11.8. The molecule has 1 N–H and O–H groups in total. The first-order valence-electron chi connectivity index (χ1n) is 6.11. The van der Waals surface area contributed by atoms with Gasteiger partial charge in [-0.2, -0.15) is 0 Å². The third-order valence-electron chi connectivity index (χ3n) is 2.61. The van der Waals surface area contributed by atoms with Crippen molar-refractivity contribution < 1.29 is 19.4 Å². The molecule has 110 valence electrons. The summed E-state index contributed by atoms with van der Waals surface area (Å²) < 4.78 is 11.8. The highest BCUT2D eigenvalue weighted by Crippen LogP contribution is 2.27. The zero-order valence-corrected chi connectivity index (χ0v) is 13.2. The Labute approximate surface area is 135 Å². The van der Waals surface area contributed by atoms with Gasteiger partial charge < -0.3 is 14.6 Å². The lowest BCUT2D eigenvalue weighted by molar-refractivity contribution is 0.0691. The van der Waals surface area contributed by atoms with Gasteiger partial charge in [-0.05, 0) is 30.3 Å². The van der Waals surface area contributed by atoms with Gasteiger partial charge in [0.2, 0.25) is 0 Å². The zero-order chi connectivity index (χ0) is 15.2. The van der Waals surface area contributed by atoms with Gasteiger partial charge in [-0.1, -0.05) is 39.7 Å². The Morgan fingerprint density at radius 2 is 1.76 bits per heavy atom. The largest absolute Gasteiger partial charge is 0.489 e. The minimum absolute atomic E-state index is 0.123. The Morgan fingerprint density at radius 3 is 2.48 bits per heavy atom. The van der Waals surface area contributed by atoms with Crippen LogP contribution in [0.2, 0.25) is 5.02 Å². The topological polar surface area (TPSA) is 55.8 Å². The predicted octanol–water partition coefficient (Wildman–Crippen LogP) is 4.26. The quantitative estimate of drug-likeness (QED) is 0.771. The van der Waals surface area contributed by atoms with Crippen LogP contribution >= 0.6 is 27.5 Å². The van der Waals surface area contributed by atoms with E-state index >= 15 is 0 Å².